The second-order valence-corrected chi connectivity index (χ2v) is 8.83. The number of hydrogen-bond donors (Lipinski definition) is 1. The largest absolute Gasteiger partial charge is 0.464 e. The Balaban J connectivity index is 1.73. The van der Waals surface area contributed by atoms with E-state index < -0.39 is 17.4 Å². The number of thioether (sulfide) groups is 1. The first-order valence-electron chi connectivity index (χ1n) is 11.1. The Morgan fingerprint density at radius 3 is 1.97 bits per heavy atom. The average molecular weight is 473 g/mol. The number of nitrogens with one attached hydrogen (secondary N) is 1. The normalized spacial score (nSPS) is 11.8. The molecule has 174 valence electrons. The van der Waals surface area contributed by atoms with E-state index in [-0.39, 0.29) is 12.5 Å². The van der Waals surface area contributed by atoms with Gasteiger partial charge in [0.2, 0.25) is 0 Å². The molecule has 6 heteroatoms. The number of nitrogens with zero attached hydrogens (tertiary/aromatic N) is 1. The maximum absolute atomic E-state index is 12.9. The maximum Gasteiger partial charge on any atom is 0.328 e. The molecule has 0 saturated heterocycles. The molecule has 0 radical (unpaired) electrons. The predicted octanol–water partition coefficient (Wildman–Crippen LogP) is 4.98. The summed E-state index contributed by atoms with van der Waals surface area (Å²) < 4.78 is 5.62. The van der Waals surface area contributed by atoms with Crippen LogP contribution in [0, 0.1) is 11.3 Å². The zero-order valence-corrected chi connectivity index (χ0v) is 20.0. The summed E-state index contributed by atoms with van der Waals surface area (Å²) in [6.45, 7) is 0.0488. The number of nitriles is 1. The van der Waals surface area contributed by atoms with Crippen molar-refractivity contribution in [2.45, 2.75) is 24.3 Å². The lowest BCUT2D eigenvalue weighted by molar-refractivity contribution is -0.146. The second kappa shape index (κ2) is 12.6. The number of hydrogen-bond acceptors (Lipinski definition) is 5. The first-order valence-corrected chi connectivity index (χ1v) is 12.5. The first kappa shape index (κ1) is 25.1. The SMILES string of the molecule is CSCCC(NC(=O)c1ccccc1)C(=O)OCCC(C#N)(c1ccccc1)c1ccccc1. The number of carbonyl (C=O) groups is 2. The van der Waals surface area contributed by atoms with Crippen molar-refractivity contribution in [2.75, 3.05) is 18.6 Å². The molecule has 1 N–H and O–H groups in total. The highest BCUT2D eigenvalue weighted by atomic mass is 32.2. The Hall–Kier alpha value is -3.56. The van der Waals surface area contributed by atoms with Crippen LogP contribution in [0.4, 0.5) is 0 Å². The molecule has 1 atom stereocenters. The van der Waals surface area contributed by atoms with Gasteiger partial charge in [0, 0.05) is 12.0 Å². The van der Waals surface area contributed by atoms with E-state index in [0.717, 1.165) is 11.1 Å². The number of rotatable bonds is 11. The van der Waals surface area contributed by atoms with Crippen LogP contribution in [0.5, 0.6) is 0 Å². The van der Waals surface area contributed by atoms with Crippen LogP contribution in [0.25, 0.3) is 0 Å². The number of benzene rings is 3. The number of amides is 1. The van der Waals surface area contributed by atoms with Crippen LogP contribution in [0.15, 0.2) is 91.0 Å². The quantitative estimate of drug-likeness (QED) is 0.398. The van der Waals surface area contributed by atoms with Gasteiger partial charge < -0.3 is 10.1 Å². The van der Waals surface area contributed by atoms with E-state index in [1.807, 2.05) is 73.0 Å². The number of carbonyl (C=O) groups excluding carboxylic acids is 2. The molecule has 0 heterocycles. The van der Waals surface area contributed by atoms with E-state index in [9.17, 15) is 14.9 Å². The molecule has 34 heavy (non-hydrogen) atoms. The van der Waals surface area contributed by atoms with Crippen molar-refractivity contribution in [3.63, 3.8) is 0 Å². The summed E-state index contributed by atoms with van der Waals surface area (Å²) in [7, 11) is 0. The molecule has 0 bridgehead atoms. The lowest BCUT2D eigenvalue weighted by Gasteiger charge is -2.28. The van der Waals surface area contributed by atoms with Crippen LogP contribution < -0.4 is 5.32 Å². The Bertz CT molecular complexity index is 1060. The summed E-state index contributed by atoms with van der Waals surface area (Å²) in [5, 5.41) is 13.1. The smallest absolute Gasteiger partial charge is 0.328 e. The second-order valence-electron chi connectivity index (χ2n) is 7.84. The van der Waals surface area contributed by atoms with Gasteiger partial charge >= 0.3 is 5.97 Å². The van der Waals surface area contributed by atoms with Crippen molar-refractivity contribution in [1.29, 1.82) is 5.26 Å². The van der Waals surface area contributed by atoms with E-state index in [4.69, 9.17) is 4.74 Å². The lowest BCUT2D eigenvalue weighted by Crippen LogP contribution is -2.42. The summed E-state index contributed by atoms with van der Waals surface area (Å²) in [5.74, 6) is -0.111. The monoisotopic (exact) mass is 472 g/mol. The molecule has 1 amide bonds. The fourth-order valence-corrected chi connectivity index (χ4v) is 4.28. The van der Waals surface area contributed by atoms with Crippen molar-refractivity contribution in [1.82, 2.24) is 5.32 Å². The molecule has 3 aromatic rings. The number of esters is 1. The molecule has 0 aliphatic carbocycles. The van der Waals surface area contributed by atoms with Crippen LogP contribution in [-0.4, -0.2) is 36.5 Å². The van der Waals surface area contributed by atoms with Crippen LogP contribution in [-0.2, 0) is 14.9 Å². The van der Waals surface area contributed by atoms with Crippen molar-refractivity contribution in [2.24, 2.45) is 0 Å². The lowest BCUT2D eigenvalue weighted by atomic mass is 9.73. The highest BCUT2D eigenvalue weighted by Crippen LogP contribution is 2.35. The van der Waals surface area contributed by atoms with Gasteiger partial charge in [-0.25, -0.2) is 4.79 Å². The Kier molecular flexibility index (Phi) is 9.30. The summed E-state index contributed by atoms with van der Waals surface area (Å²) in [5.41, 5.74) is 1.22. The molecule has 3 aromatic carbocycles. The molecule has 0 aromatic heterocycles. The van der Waals surface area contributed by atoms with Crippen molar-refractivity contribution in [3.8, 4) is 6.07 Å². The minimum absolute atomic E-state index is 0.0488. The molecule has 0 fully saturated rings. The molecule has 1 unspecified atom stereocenters. The number of ether oxygens (including phenoxy) is 1. The van der Waals surface area contributed by atoms with Gasteiger partial charge in [0.05, 0.1) is 12.7 Å². The topological polar surface area (TPSA) is 79.2 Å². The Morgan fingerprint density at radius 2 is 1.47 bits per heavy atom. The summed E-state index contributed by atoms with van der Waals surface area (Å²) in [6.07, 6.45) is 2.70. The maximum atomic E-state index is 12.9. The van der Waals surface area contributed by atoms with Gasteiger partial charge in [0.1, 0.15) is 11.5 Å². The van der Waals surface area contributed by atoms with Gasteiger partial charge in [0.15, 0.2) is 0 Å². The molecule has 3 rings (SSSR count). The average Bonchev–Trinajstić information content (AvgIpc) is 2.90. The zero-order valence-electron chi connectivity index (χ0n) is 19.1. The van der Waals surface area contributed by atoms with Gasteiger partial charge in [-0.15, -0.1) is 0 Å². The molecular formula is C28H28N2O3S. The minimum atomic E-state index is -0.954. The van der Waals surface area contributed by atoms with Gasteiger partial charge in [-0.2, -0.15) is 17.0 Å². The Morgan fingerprint density at radius 1 is 0.941 bits per heavy atom. The van der Waals surface area contributed by atoms with E-state index in [1.54, 1.807) is 36.0 Å². The van der Waals surface area contributed by atoms with E-state index in [2.05, 4.69) is 11.4 Å². The van der Waals surface area contributed by atoms with Crippen LogP contribution in [0.3, 0.4) is 0 Å². The zero-order chi connectivity index (χ0) is 24.2. The third kappa shape index (κ3) is 6.27. The highest BCUT2D eigenvalue weighted by Gasteiger charge is 2.35. The van der Waals surface area contributed by atoms with Crippen LogP contribution >= 0.6 is 11.8 Å². The standard InChI is InChI=1S/C28H28N2O3S/c1-34-20-17-25(30-26(31)22-11-5-2-6-12-22)27(32)33-19-18-28(21-29,23-13-7-3-8-14-23)24-15-9-4-10-16-24/h2-16,25H,17-20H2,1H3,(H,30,31). The molecule has 0 aliphatic heterocycles. The van der Waals surface area contributed by atoms with E-state index in [0.29, 0.717) is 24.2 Å². The summed E-state index contributed by atoms with van der Waals surface area (Å²) >= 11 is 1.59. The molecule has 0 aliphatic rings. The van der Waals surface area contributed by atoms with Gasteiger partial charge in [-0.3, -0.25) is 4.79 Å². The van der Waals surface area contributed by atoms with Crippen LogP contribution in [0.2, 0.25) is 0 Å². The predicted molar refractivity (Wildman–Crippen MR) is 136 cm³/mol. The fraction of sp³-hybridized carbons (Fsp3) is 0.250. The fourth-order valence-electron chi connectivity index (χ4n) is 3.81. The minimum Gasteiger partial charge on any atom is -0.464 e. The van der Waals surface area contributed by atoms with E-state index >= 15 is 0 Å². The third-order valence-electron chi connectivity index (χ3n) is 5.68. The molecular weight excluding hydrogens is 444 g/mol. The molecule has 0 spiro atoms. The first-order chi connectivity index (χ1) is 16.6. The van der Waals surface area contributed by atoms with E-state index in [1.165, 1.54) is 0 Å². The van der Waals surface area contributed by atoms with Crippen molar-refractivity contribution < 1.29 is 14.3 Å². The highest BCUT2D eigenvalue weighted by molar-refractivity contribution is 7.98. The molecule has 5 nitrogen and oxygen atoms in total. The van der Waals surface area contributed by atoms with Gasteiger partial charge in [-0.1, -0.05) is 78.9 Å². The molecule has 0 saturated carbocycles. The van der Waals surface area contributed by atoms with Crippen molar-refractivity contribution >= 4 is 23.6 Å². The van der Waals surface area contributed by atoms with Gasteiger partial charge in [-0.05, 0) is 41.7 Å². The summed E-state index contributed by atoms with van der Waals surface area (Å²) in [6, 6.07) is 29.6. The Labute approximate surface area is 205 Å². The third-order valence-corrected chi connectivity index (χ3v) is 6.33. The summed E-state index contributed by atoms with van der Waals surface area (Å²) in [4.78, 5) is 25.5. The van der Waals surface area contributed by atoms with Gasteiger partial charge in [0.25, 0.3) is 5.91 Å². The van der Waals surface area contributed by atoms with Crippen LogP contribution in [0.1, 0.15) is 34.3 Å². The van der Waals surface area contributed by atoms with Crippen molar-refractivity contribution in [3.05, 3.63) is 108 Å².